The number of likely N-dealkylation sites (tertiary alicyclic amines) is 1. The number of amidine groups is 1. The van der Waals surface area contributed by atoms with Gasteiger partial charge in [0.25, 0.3) is 5.91 Å². The fourth-order valence-electron chi connectivity index (χ4n) is 4.43. The quantitative estimate of drug-likeness (QED) is 0.766. The Labute approximate surface area is 178 Å². The van der Waals surface area contributed by atoms with Crippen LogP contribution in [0.4, 0.5) is 5.69 Å². The number of carbonyl (C=O) groups is 1. The first-order chi connectivity index (χ1) is 14.5. The van der Waals surface area contributed by atoms with E-state index in [1.165, 1.54) is 5.56 Å². The minimum absolute atomic E-state index is 0.0819. The summed E-state index contributed by atoms with van der Waals surface area (Å²) in [6.45, 7) is 7.22. The van der Waals surface area contributed by atoms with Crippen LogP contribution >= 0.6 is 0 Å². The average Bonchev–Trinajstić information content (AvgIpc) is 3.10. The zero-order valence-electron chi connectivity index (χ0n) is 18.0. The number of carbonyl (C=O) groups excluding carboxylic acids is 1. The maximum Gasteiger partial charge on any atom is 0.253 e. The van der Waals surface area contributed by atoms with Crippen LogP contribution in [0.2, 0.25) is 0 Å². The highest BCUT2D eigenvalue weighted by Gasteiger charge is 2.45. The number of hydrogen-bond acceptors (Lipinski definition) is 4. The highest BCUT2D eigenvalue weighted by Crippen LogP contribution is 2.30. The summed E-state index contributed by atoms with van der Waals surface area (Å²) in [4.78, 5) is 20.1. The van der Waals surface area contributed by atoms with Crippen molar-refractivity contribution in [3.05, 3.63) is 64.7 Å². The second-order valence-electron chi connectivity index (χ2n) is 8.29. The molecule has 6 heteroatoms. The molecule has 0 aromatic heterocycles. The maximum absolute atomic E-state index is 13.3. The summed E-state index contributed by atoms with van der Waals surface area (Å²) in [5, 5.41) is 7.28. The van der Waals surface area contributed by atoms with Gasteiger partial charge in [0.1, 0.15) is 5.84 Å². The molecule has 1 spiro atoms. The number of rotatable bonds is 4. The minimum Gasteiger partial charge on any atom is -0.383 e. The van der Waals surface area contributed by atoms with Crippen LogP contribution in [-0.2, 0) is 11.3 Å². The minimum atomic E-state index is -0.388. The molecule has 0 saturated carbocycles. The molecule has 158 valence electrons. The Kier molecular flexibility index (Phi) is 5.88. The number of nitrogens with one attached hydrogen (secondary N) is 2. The Bertz CT molecular complexity index is 951. The Balaban J connectivity index is 1.61. The third-order valence-corrected chi connectivity index (χ3v) is 5.93. The number of para-hydroxylation sites is 1. The second kappa shape index (κ2) is 8.58. The Hall–Kier alpha value is -2.70. The van der Waals surface area contributed by atoms with Gasteiger partial charge in [-0.25, -0.2) is 0 Å². The topological polar surface area (TPSA) is 66.0 Å². The number of hydrogen-bond donors (Lipinski definition) is 2. The standard InChI is InChI=1S/C24H30N4O2/c1-17-12-18(2)14-20(13-17)22(29)28-10-8-24(16-28)23(25-9-11-30-3)27-21-7-5-4-6-19(21)15-26-24/h4-7,12-14,26H,8-11,15-16H2,1-3H3,(H,25,27)/t24-/m0/s1. The number of amides is 1. The highest BCUT2D eigenvalue weighted by molar-refractivity contribution is 6.05. The first kappa shape index (κ1) is 20.6. The van der Waals surface area contributed by atoms with Crippen LogP contribution in [0.25, 0.3) is 0 Å². The van der Waals surface area contributed by atoms with Gasteiger partial charge < -0.3 is 15.0 Å². The normalized spacial score (nSPS) is 22.1. The predicted molar refractivity (Wildman–Crippen MR) is 120 cm³/mol. The molecule has 30 heavy (non-hydrogen) atoms. The molecule has 0 radical (unpaired) electrons. The number of aliphatic imine (C=N–C) groups is 1. The Morgan fingerprint density at radius 2 is 1.97 bits per heavy atom. The zero-order chi connectivity index (χ0) is 21.1. The molecule has 2 aromatic rings. The summed E-state index contributed by atoms with van der Waals surface area (Å²) in [6.07, 6.45) is 0.816. The van der Waals surface area contributed by atoms with Crippen molar-refractivity contribution in [3.63, 3.8) is 0 Å². The van der Waals surface area contributed by atoms with E-state index in [1.54, 1.807) is 7.11 Å². The van der Waals surface area contributed by atoms with E-state index < -0.39 is 0 Å². The van der Waals surface area contributed by atoms with Crippen molar-refractivity contribution in [3.8, 4) is 0 Å². The predicted octanol–water partition coefficient (Wildman–Crippen LogP) is 3.15. The van der Waals surface area contributed by atoms with Gasteiger partial charge in [-0.15, -0.1) is 0 Å². The van der Waals surface area contributed by atoms with Crippen LogP contribution in [0.15, 0.2) is 47.5 Å². The summed E-state index contributed by atoms with van der Waals surface area (Å²) < 4.78 is 5.20. The van der Waals surface area contributed by atoms with E-state index in [0.29, 0.717) is 26.2 Å². The summed E-state index contributed by atoms with van der Waals surface area (Å²) in [7, 11) is 1.68. The lowest BCUT2D eigenvalue weighted by Gasteiger charge is -2.30. The lowest BCUT2D eigenvalue weighted by Crippen LogP contribution is -2.55. The molecular weight excluding hydrogens is 376 g/mol. The van der Waals surface area contributed by atoms with E-state index >= 15 is 0 Å². The van der Waals surface area contributed by atoms with Crippen molar-refractivity contribution in [2.24, 2.45) is 4.99 Å². The molecule has 2 N–H and O–H groups in total. The number of methoxy groups -OCH3 is 1. The fraction of sp³-hybridized carbons (Fsp3) is 0.417. The van der Waals surface area contributed by atoms with Gasteiger partial charge in [0, 0.05) is 38.0 Å². The molecule has 1 fully saturated rings. The number of nitrogens with zero attached hydrogens (tertiary/aromatic N) is 2. The molecule has 2 aliphatic heterocycles. The SMILES string of the molecule is COCCN=C1Nc2ccccc2CN[C@]12CCN(C(=O)c1cc(C)cc(C)c1)C2. The molecule has 4 rings (SSSR count). The van der Waals surface area contributed by atoms with Crippen molar-refractivity contribution in [2.45, 2.75) is 32.4 Å². The second-order valence-corrected chi connectivity index (χ2v) is 8.29. The van der Waals surface area contributed by atoms with Gasteiger partial charge in [0.05, 0.1) is 18.7 Å². The third-order valence-electron chi connectivity index (χ3n) is 5.93. The number of ether oxygens (including phenoxy) is 1. The molecule has 0 bridgehead atoms. The van der Waals surface area contributed by atoms with Crippen molar-refractivity contribution in [2.75, 3.05) is 38.7 Å². The van der Waals surface area contributed by atoms with Gasteiger partial charge in [0.2, 0.25) is 0 Å². The van der Waals surface area contributed by atoms with Crippen molar-refractivity contribution in [1.82, 2.24) is 10.2 Å². The van der Waals surface area contributed by atoms with Gasteiger partial charge in [-0.05, 0) is 44.0 Å². The highest BCUT2D eigenvalue weighted by atomic mass is 16.5. The number of benzene rings is 2. The monoisotopic (exact) mass is 406 g/mol. The fourth-order valence-corrected chi connectivity index (χ4v) is 4.43. The van der Waals surface area contributed by atoms with E-state index in [9.17, 15) is 4.79 Å². The van der Waals surface area contributed by atoms with Crippen molar-refractivity contribution >= 4 is 17.4 Å². The van der Waals surface area contributed by atoms with Gasteiger partial charge >= 0.3 is 0 Å². The number of anilines is 1. The number of aryl methyl sites for hydroxylation is 2. The molecule has 0 unspecified atom stereocenters. The van der Waals surface area contributed by atoms with Gasteiger partial charge in [-0.1, -0.05) is 35.4 Å². The largest absolute Gasteiger partial charge is 0.383 e. The van der Waals surface area contributed by atoms with Gasteiger partial charge in [-0.3, -0.25) is 15.1 Å². The molecule has 6 nitrogen and oxygen atoms in total. The Morgan fingerprint density at radius 3 is 2.73 bits per heavy atom. The maximum atomic E-state index is 13.3. The van der Waals surface area contributed by atoms with Gasteiger partial charge in [-0.2, -0.15) is 0 Å². The molecule has 0 aliphatic carbocycles. The van der Waals surface area contributed by atoms with Crippen LogP contribution in [0, 0.1) is 13.8 Å². The van der Waals surface area contributed by atoms with Gasteiger partial charge in [0.15, 0.2) is 0 Å². The molecule has 2 heterocycles. The molecule has 2 aliphatic rings. The molecule has 2 aromatic carbocycles. The number of fused-ring (bicyclic) bond motifs is 1. The molecular formula is C24H30N4O2. The lowest BCUT2D eigenvalue weighted by molar-refractivity contribution is 0.0785. The van der Waals surface area contributed by atoms with E-state index in [2.05, 4.69) is 28.8 Å². The van der Waals surface area contributed by atoms with E-state index in [0.717, 1.165) is 41.2 Å². The lowest BCUT2D eigenvalue weighted by atomic mass is 9.96. The van der Waals surface area contributed by atoms with Crippen LogP contribution < -0.4 is 10.6 Å². The van der Waals surface area contributed by atoms with Crippen LogP contribution in [-0.4, -0.2) is 55.5 Å². The first-order valence-electron chi connectivity index (χ1n) is 10.5. The molecule has 1 saturated heterocycles. The summed E-state index contributed by atoms with van der Waals surface area (Å²) in [5.74, 6) is 0.971. The average molecular weight is 407 g/mol. The first-order valence-corrected chi connectivity index (χ1v) is 10.5. The van der Waals surface area contributed by atoms with Crippen molar-refractivity contribution in [1.29, 1.82) is 0 Å². The van der Waals surface area contributed by atoms with Crippen LogP contribution in [0.3, 0.4) is 0 Å². The Morgan fingerprint density at radius 1 is 1.20 bits per heavy atom. The summed E-state index contributed by atoms with van der Waals surface area (Å²) in [5.41, 5.74) is 4.86. The molecule has 1 atom stereocenters. The smallest absolute Gasteiger partial charge is 0.253 e. The summed E-state index contributed by atoms with van der Waals surface area (Å²) in [6, 6.07) is 14.3. The van der Waals surface area contributed by atoms with Crippen molar-refractivity contribution < 1.29 is 9.53 Å². The van der Waals surface area contributed by atoms with Crippen LogP contribution in [0.1, 0.15) is 33.5 Å². The third kappa shape index (κ3) is 4.11. The van der Waals surface area contributed by atoms with E-state index in [4.69, 9.17) is 9.73 Å². The van der Waals surface area contributed by atoms with E-state index in [1.807, 2.05) is 43.0 Å². The molecule has 1 amide bonds. The van der Waals surface area contributed by atoms with E-state index in [-0.39, 0.29) is 11.4 Å². The van der Waals surface area contributed by atoms with Crippen LogP contribution in [0.5, 0.6) is 0 Å². The summed E-state index contributed by atoms with van der Waals surface area (Å²) >= 11 is 0. The zero-order valence-corrected chi connectivity index (χ0v) is 18.0.